The number of amides is 2. The molecule has 0 aliphatic carbocycles. The van der Waals surface area contributed by atoms with E-state index in [1.165, 1.54) is 0 Å². The van der Waals surface area contributed by atoms with Gasteiger partial charge in [-0.25, -0.2) is 0 Å². The number of rotatable bonds is 6. The molecular formula is C30H29Cl2N5O2. The van der Waals surface area contributed by atoms with Crippen LogP contribution in [-0.2, 0) is 11.3 Å². The van der Waals surface area contributed by atoms with Crippen LogP contribution in [0, 0.1) is 11.3 Å². The Morgan fingerprint density at radius 2 is 1.56 bits per heavy atom. The molecule has 0 radical (unpaired) electrons. The highest BCUT2D eigenvalue weighted by molar-refractivity contribution is 6.39. The average molecular weight is 563 g/mol. The summed E-state index contributed by atoms with van der Waals surface area (Å²) in [6, 6.07) is 24.2. The summed E-state index contributed by atoms with van der Waals surface area (Å²) in [5.41, 5.74) is 2.90. The second kappa shape index (κ2) is 12.1. The molecule has 200 valence electrons. The second-order valence-corrected chi connectivity index (χ2v) is 10.7. The SMILES string of the molecule is N#Cc1ccccc1N1CCN(C(=O)C2CC(NC(=O)c3c(Cl)cccc3Cl)CN2Cc2ccccc2)CC1. The van der Waals surface area contributed by atoms with Gasteiger partial charge < -0.3 is 15.1 Å². The number of anilines is 1. The van der Waals surface area contributed by atoms with Crippen molar-refractivity contribution < 1.29 is 9.59 Å². The monoisotopic (exact) mass is 561 g/mol. The third-order valence-corrected chi connectivity index (χ3v) is 8.03. The summed E-state index contributed by atoms with van der Waals surface area (Å²) in [7, 11) is 0. The van der Waals surface area contributed by atoms with Crippen molar-refractivity contribution in [3.63, 3.8) is 0 Å². The van der Waals surface area contributed by atoms with E-state index in [1.54, 1.807) is 18.2 Å². The second-order valence-electron chi connectivity index (χ2n) is 9.87. The van der Waals surface area contributed by atoms with E-state index in [9.17, 15) is 14.9 Å². The van der Waals surface area contributed by atoms with Crippen LogP contribution in [0.2, 0.25) is 10.0 Å². The highest BCUT2D eigenvalue weighted by Crippen LogP contribution is 2.28. The zero-order chi connectivity index (χ0) is 27.4. The predicted molar refractivity (Wildman–Crippen MR) is 153 cm³/mol. The van der Waals surface area contributed by atoms with Gasteiger partial charge in [-0.05, 0) is 36.2 Å². The largest absolute Gasteiger partial charge is 0.367 e. The van der Waals surface area contributed by atoms with E-state index in [0.29, 0.717) is 61.3 Å². The molecule has 2 aliphatic rings. The van der Waals surface area contributed by atoms with Crippen molar-refractivity contribution in [1.82, 2.24) is 15.1 Å². The first-order valence-electron chi connectivity index (χ1n) is 13.0. The van der Waals surface area contributed by atoms with E-state index in [1.807, 2.05) is 59.5 Å². The van der Waals surface area contributed by atoms with Crippen molar-refractivity contribution in [2.45, 2.75) is 25.0 Å². The topological polar surface area (TPSA) is 79.7 Å². The minimum atomic E-state index is -0.366. The highest BCUT2D eigenvalue weighted by atomic mass is 35.5. The quantitative estimate of drug-likeness (QED) is 0.476. The number of hydrogen-bond acceptors (Lipinski definition) is 5. The molecule has 0 spiro atoms. The molecule has 0 bridgehead atoms. The predicted octanol–water partition coefficient (Wildman–Crippen LogP) is 4.59. The van der Waals surface area contributed by atoms with Crippen molar-refractivity contribution in [3.05, 3.63) is 99.5 Å². The molecule has 2 amide bonds. The molecule has 2 unspecified atom stereocenters. The Balaban J connectivity index is 1.29. The summed E-state index contributed by atoms with van der Waals surface area (Å²) < 4.78 is 0. The lowest BCUT2D eigenvalue weighted by atomic mass is 10.1. The molecule has 2 heterocycles. The Kier molecular flexibility index (Phi) is 8.37. The number of halogens is 2. The van der Waals surface area contributed by atoms with Gasteiger partial charge in [0.05, 0.1) is 32.9 Å². The minimum absolute atomic E-state index is 0.0617. The molecule has 5 rings (SSSR count). The van der Waals surface area contributed by atoms with E-state index in [-0.39, 0.29) is 29.5 Å². The van der Waals surface area contributed by atoms with Gasteiger partial charge in [-0.1, -0.05) is 71.7 Å². The fourth-order valence-electron chi connectivity index (χ4n) is 5.45. The molecule has 2 aliphatic heterocycles. The maximum Gasteiger partial charge on any atom is 0.254 e. The number of hydrogen-bond donors (Lipinski definition) is 1. The number of benzene rings is 3. The van der Waals surface area contributed by atoms with Crippen molar-refractivity contribution in [2.75, 3.05) is 37.6 Å². The summed E-state index contributed by atoms with van der Waals surface area (Å²) in [5, 5.41) is 13.1. The van der Waals surface area contributed by atoms with Crippen LogP contribution in [0.5, 0.6) is 0 Å². The first-order valence-corrected chi connectivity index (χ1v) is 13.8. The van der Waals surface area contributed by atoms with Gasteiger partial charge in [0.25, 0.3) is 5.91 Å². The van der Waals surface area contributed by atoms with Gasteiger partial charge in [-0.2, -0.15) is 5.26 Å². The first-order chi connectivity index (χ1) is 18.9. The Morgan fingerprint density at radius 3 is 2.26 bits per heavy atom. The number of nitrogens with zero attached hydrogens (tertiary/aromatic N) is 4. The smallest absolute Gasteiger partial charge is 0.254 e. The van der Waals surface area contributed by atoms with Gasteiger partial charge in [-0.3, -0.25) is 14.5 Å². The molecule has 7 nitrogen and oxygen atoms in total. The summed E-state index contributed by atoms with van der Waals surface area (Å²) in [4.78, 5) is 33.1. The highest BCUT2D eigenvalue weighted by Gasteiger charge is 2.40. The number of nitriles is 1. The maximum absolute atomic E-state index is 13.8. The summed E-state index contributed by atoms with van der Waals surface area (Å²) in [6.07, 6.45) is 0.497. The van der Waals surface area contributed by atoms with Crippen LogP contribution in [0.15, 0.2) is 72.8 Å². The van der Waals surface area contributed by atoms with E-state index >= 15 is 0 Å². The van der Waals surface area contributed by atoms with Gasteiger partial charge >= 0.3 is 0 Å². The van der Waals surface area contributed by atoms with Gasteiger partial charge in [0.15, 0.2) is 0 Å². The number of likely N-dealkylation sites (tertiary alicyclic amines) is 1. The number of nitrogens with one attached hydrogen (secondary N) is 1. The lowest BCUT2D eigenvalue weighted by molar-refractivity contribution is -0.136. The molecule has 39 heavy (non-hydrogen) atoms. The molecule has 2 fully saturated rings. The maximum atomic E-state index is 13.8. The number of piperazine rings is 1. The van der Waals surface area contributed by atoms with Crippen molar-refractivity contribution >= 4 is 40.7 Å². The van der Waals surface area contributed by atoms with Crippen molar-refractivity contribution in [2.24, 2.45) is 0 Å². The molecule has 0 aromatic heterocycles. The summed E-state index contributed by atoms with van der Waals surface area (Å²) in [6.45, 7) is 3.59. The van der Waals surface area contributed by atoms with Crippen LogP contribution in [0.1, 0.15) is 27.9 Å². The molecule has 3 aromatic carbocycles. The van der Waals surface area contributed by atoms with Crippen LogP contribution in [0.25, 0.3) is 0 Å². The van der Waals surface area contributed by atoms with Crippen LogP contribution >= 0.6 is 23.2 Å². The van der Waals surface area contributed by atoms with Gasteiger partial charge in [-0.15, -0.1) is 0 Å². The fourth-order valence-corrected chi connectivity index (χ4v) is 6.02. The first kappa shape index (κ1) is 27.0. The molecule has 0 saturated carbocycles. The molecule has 2 atom stereocenters. The van der Waals surface area contributed by atoms with Crippen LogP contribution in [-0.4, -0.2) is 66.4 Å². The van der Waals surface area contributed by atoms with Gasteiger partial charge in [0.2, 0.25) is 5.91 Å². The summed E-state index contributed by atoms with van der Waals surface area (Å²) in [5.74, 6) is -0.278. The van der Waals surface area contributed by atoms with Gasteiger partial charge in [0, 0.05) is 45.3 Å². The third kappa shape index (κ3) is 6.04. The third-order valence-electron chi connectivity index (χ3n) is 7.40. The Hall–Kier alpha value is -3.57. The zero-order valence-corrected chi connectivity index (χ0v) is 22.9. The number of carbonyl (C=O) groups excluding carboxylic acids is 2. The normalized spacial score (nSPS) is 19.5. The number of carbonyl (C=O) groups is 2. The van der Waals surface area contributed by atoms with Crippen LogP contribution < -0.4 is 10.2 Å². The van der Waals surface area contributed by atoms with E-state index in [0.717, 1.165) is 11.3 Å². The van der Waals surface area contributed by atoms with Crippen molar-refractivity contribution in [3.8, 4) is 6.07 Å². The van der Waals surface area contributed by atoms with E-state index in [2.05, 4.69) is 21.2 Å². The molecular weight excluding hydrogens is 533 g/mol. The fraction of sp³-hybridized carbons (Fsp3) is 0.300. The molecule has 2 saturated heterocycles. The Labute approximate surface area is 238 Å². The van der Waals surface area contributed by atoms with Crippen LogP contribution in [0.3, 0.4) is 0 Å². The number of para-hydroxylation sites is 1. The lowest BCUT2D eigenvalue weighted by Crippen LogP contribution is -2.53. The lowest BCUT2D eigenvalue weighted by Gasteiger charge is -2.38. The standard InChI is InChI=1S/C30H29Cl2N5O2/c31-24-10-6-11-25(32)28(24)29(38)34-23-17-27(37(20-23)19-21-7-2-1-3-8-21)30(39)36-15-13-35(14-16-36)26-12-5-4-9-22(26)18-33/h1-12,23,27H,13-17,19-20H2,(H,34,38). The van der Waals surface area contributed by atoms with Crippen molar-refractivity contribution in [1.29, 1.82) is 5.26 Å². The van der Waals surface area contributed by atoms with E-state index < -0.39 is 0 Å². The molecule has 1 N–H and O–H groups in total. The molecule has 3 aromatic rings. The molecule has 9 heteroatoms. The zero-order valence-electron chi connectivity index (χ0n) is 21.4. The van der Waals surface area contributed by atoms with Gasteiger partial charge in [0.1, 0.15) is 6.07 Å². The van der Waals surface area contributed by atoms with E-state index in [4.69, 9.17) is 23.2 Å². The minimum Gasteiger partial charge on any atom is -0.367 e. The van der Waals surface area contributed by atoms with Crippen LogP contribution in [0.4, 0.5) is 5.69 Å². The Morgan fingerprint density at radius 1 is 0.897 bits per heavy atom. The summed E-state index contributed by atoms with van der Waals surface area (Å²) >= 11 is 12.5. The Bertz CT molecular complexity index is 1370. The average Bonchev–Trinajstić information content (AvgIpc) is 3.34.